The molecule has 1 nitrogen and oxygen atoms in total. The summed E-state index contributed by atoms with van der Waals surface area (Å²) in [5.41, 5.74) is 6.57. The number of aromatic nitrogens is 1. The third-order valence-corrected chi connectivity index (χ3v) is 5.77. The fourth-order valence-corrected chi connectivity index (χ4v) is 4.05. The van der Waals surface area contributed by atoms with E-state index >= 15 is 0 Å². The summed E-state index contributed by atoms with van der Waals surface area (Å²) in [6.45, 7) is 7.08. The molecule has 0 bridgehead atoms. The van der Waals surface area contributed by atoms with Crippen molar-refractivity contribution in [1.82, 2.24) is 4.98 Å². The molecule has 1 heterocycles. The number of rotatable bonds is 2. The van der Waals surface area contributed by atoms with E-state index in [1.54, 1.807) is 0 Å². The largest absolute Gasteiger partial charge is 0.248 e. The van der Waals surface area contributed by atoms with Gasteiger partial charge in [0.25, 0.3) is 0 Å². The van der Waals surface area contributed by atoms with Crippen molar-refractivity contribution in [2.45, 2.75) is 40.0 Å². The van der Waals surface area contributed by atoms with E-state index in [0.29, 0.717) is 5.41 Å². The standard InChI is InChI=1S/C25H27N/c1-25(2,3)20-15-13-19(14-16-20)24-17-22(18-9-5-4-6-10-18)21-11-7-8-12-23(21)26-24/h4-13,17,20H,14-16H2,1-3H3. The molecule has 1 aromatic heterocycles. The lowest BCUT2D eigenvalue weighted by Crippen LogP contribution is -2.22. The molecule has 4 rings (SSSR count). The summed E-state index contributed by atoms with van der Waals surface area (Å²) in [6.07, 6.45) is 5.98. The highest BCUT2D eigenvalue weighted by Crippen LogP contribution is 2.40. The number of pyridine rings is 1. The van der Waals surface area contributed by atoms with Gasteiger partial charge in [-0.05, 0) is 59.4 Å². The van der Waals surface area contributed by atoms with Crippen LogP contribution >= 0.6 is 0 Å². The monoisotopic (exact) mass is 341 g/mol. The first kappa shape index (κ1) is 17.0. The van der Waals surface area contributed by atoms with E-state index in [-0.39, 0.29) is 0 Å². The number of benzene rings is 2. The number of allylic oxidation sites excluding steroid dienone is 2. The van der Waals surface area contributed by atoms with Crippen LogP contribution in [0.4, 0.5) is 0 Å². The van der Waals surface area contributed by atoms with E-state index in [9.17, 15) is 0 Å². The van der Waals surface area contributed by atoms with E-state index in [1.807, 2.05) is 0 Å². The molecule has 0 saturated carbocycles. The van der Waals surface area contributed by atoms with Gasteiger partial charge in [0.15, 0.2) is 0 Å². The van der Waals surface area contributed by atoms with Crippen LogP contribution in [0, 0.1) is 11.3 Å². The zero-order valence-corrected chi connectivity index (χ0v) is 16.0. The van der Waals surface area contributed by atoms with Crippen molar-refractivity contribution in [2.75, 3.05) is 0 Å². The second-order valence-corrected chi connectivity index (χ2v) is 8.50. The number of fused-ring (bicyclic) bond motifs is 1. The molecule has 1 heteroatoms. The van der Waals surface area contributed by atoms with Gasteiger partial charge in [-0.1, -0.05) is 75.4 Å². The van der Waals surface area contributed by atoms with Gasteiger partial charge in [-0.3, -0.25) is 0 Å². The van der Waals surface area contributed by atoms with E-state index < -0.39 is 0 Å². The third-order valence-electron chi connectivity index (χ3n) is 5.77. The molecule has 1 aliphatic rings. The molecule has 0 radical (unpaired) electrons. The normalized spacial score (nSPS) is 18.0. The molecule has 1 unspecified atom stereocenters. The highest BCUT2D eigenvalue weighted by Gasteiger charge is 2.27. The quantitative estimate of drug-likeness (QED) is 0.483. The lowest BCUT2D eigenvalue weighted by molar-refractivity contribution is 0.225. The Hall–Kier alpha value is -2.41. The van der Waals surface area contributed by atoms with Gasteiger partial charge in [-0.15, -0.1) is 0 Å². The average Bonchev–Trinajstić information content (AvgIpc) is 2.67. The molecule has 2 aromatic carbocycles. The van der Waals surface area contributed by atoms with E-state index in [1.165, 1.54) is 28.5 Å². The van der Waals surface area contributed by atoms with Crippen LogP contribution in [0.1, 0.15) is 45.7 Å². The molecule has 3 aromatic rings. The first-order valence-electron chi connectivity index (χ1n) is 9.67. The van der Waals surface area contributed by atoms with Crippen molar-refractivity contribution in [3.63, 3.8) is 0 Å². The van der Waals surface area contributed by atoms with Gasteiger partial charge in [0, 0.05) is 5.39 Å². The Morgan fingerprint density at radius 1 is 0.923 bits per heavy atom. The summed E-state index contributed by atoms with van der Waals surface area (Å²) in [5.74, 6) is 0.764. The van der Waals surface area contributed by atoms with Crippen molar-refractivity contribution in [3.05, 3.63) is 72.4 Å². The van der Waals surface area contributed by atoms with Crippen LogP contribution in [0.3, 0.4) is 0 Å². The van der Waals surface area contributed by atoms with E-state index in [0.717, 1.165) is 30.0 Å². The second kappa shape index (κ2) is 6.72. The van der Waals surface area contributed by atoms with Crippen molar-refractivity contribution in [2.24, 2.45) is 11.3 Å². The fourth-order valence-electron chi connectivity index (χ4n) is 4.05. The molecule has 0 saturated heterocycles. The van der Waals surface area contributed by atoms with Crippen molar-refractivity contribution in [1.29, 1.82) is 0 Å². The molecule has 0 amide bonds. The smallest absolute Gasteiger partial charge is 0.0715 e. The first-order chi connectivity index (χ1) is 12.5. The lowest BCUT2D eigenvalue weighted by atomic mass is 9.72. The highest BCUT2D eigenvalue weighted by atomic mass is 14.7. The SMILES string of the molecule is CC(C)(C)C1CC=C(c2cc(-c3ccccc3)c3ccccc3n2)CC1. The van der Waals surface area contributed by atoms with Crippen LogP contribution in [0.5, 0.6) is 0 Å². The summed E-state index contributed by atoms with van der Waals surface area (Å²) >= 11 is 0. The maximum atomic E-state index is 5.00. The molecule has 0 spiro atoms. The maximum absolute atomic E-state index is 5.00. The van der Waals surface area contributed by atoms with Gasteiger partial charge in [-0.25, -0.2) is 4.98 Å². The Morgan fingerprint density at radius 2 is 1.65 bits per heavy atom. The van der Waals surface area contributed by atoms with Crippen LogP contribution in [0.15, 0.2) is 66.7 Å². The topological polar surface area (TPSA) is 12.9 Å². The molecule has 0 fully saturated rings. The summed E-state index contributed by atoms with van der Waals surface area (Å²) in [4.78, 5) is 5.00. The predicted octanol–water partition coefficient (Wildman–Crippen LogP) is 7.13. The van der Waals surface area contributed by atoms with Crippen LogP contribution in [0.2, 0.25) is 0 Å². The molecule has 1 atom stereocenters. The maximum Gasteiger partial charge on any atom is 0.0715 e. The van der Waals surface area contributed by atoms with Gasteiger partial charge in [0.2, 0.25) is 0 Å². The van der Waals surface area contributed by atoms with Crippen molar-refractivity contribution >= 4 is 16.5 Å². The minimum atomic E-state index is 0.383. The summed E-state index contributed by atoms with van der Waals surface area (Å²) in [7, 11) is 0. The van der Waals surface area contributed by atoms with E-state index in [2.05, 4.69) is 87.5 Å². The van der Waals surface area contributed by atoms with Gasteiger partial charge >= 0.3 is 0 Å². The lowest BCUT2D eigenvalue weighted by Gasteiger charge is -2.33. The summed E-state index contributed by atoms with van der Waals surface area (Å²) in [6, 6.07) is 21.5. The number of hydrogen-bond donors (Lipinski definition) is 0. The molecule has 0 N–H and O–H groups in total. The number of hydrogen-bond acceptors (Lipinski definition) is 1. The highest BCUT2D eigenvalue weighted by molar-refractivity contribution is 5.96. The van der Waals surface area contributed by atoms with Crippen molar-refractivity contribution < 1.29 is 0 Å². The second-order valence-electron chi connectivity index (χ2n) is 8.50. The Morgan fingerprint density at radius 3 is 2.35 bits per heavy atom. The zero-order valence-electron chi connectivity index (χ0n) is 16.0. The van der Waals surface area contributed by atoms with Gasteiger partial charge in [0.1, 0.15) is 0 Å². The van der Waals surface area contributed by atoms with Crippen LogP contribution in [-0.2, 0) is 0 Å². The number of nitrogens with zero attached hydrogens (tertiary/aromatic N) is 1. The summed E-state index contributed by atoms with van der Waals surface area (Å²) in [5, 5.41) is 1.23. The minimum Gasteiger partial charge on any atom is -0.248 e. The van der Waals surface area contributed by atoms with Crippen LogP contribution in [-0.4, -0.2) is 4.98 Å². The Balaban J connectivity index is 1.79. The van der Waals surface area contributed by atoms with E-state index in [4.69, 9.17) is 4.98 Å². The Bertz CT molecular complexity index is 945. The van der Waals surface area contributed by atoms with Gasteiger partial charge < -0.3 is 0 Å². The zero-order chi connectivity index (χ0) is 18.1. The molecule has 1 aliphatic carbocycles. The van der Waals surface area contributed by atoms with Crippen molar-refractivity contribution in [3.8, 4) is 11.1 Å². The molecular weight excluding hydrogens is 314 g/mol. The Labute approximate surface area is 156 Å². The fraction of sp³-hybridized carbons (Fsp3) is 0.320. The first-order valence-corrected chi connectivity index (χ1v) is 9.67. The molecule has 132 valence electrons. The Kier molecular flexibility index (Phi) is 4.40. The number of para-hydroxylation sites is 1. The third kappa shape index (κ3) is 3.31. The van der Waals surface area contributed by atoms with Crippen LogP contribution in [0.25, 0.3) is 27.6 Å². The predicted molar refractivity (Wildman–Crippen MR) is 112 cm³/mol. The van der Waals surface area contributed by atoms with Gasteiger partial charge in [-0.2, -0.15) is 0 Å². The summed E-state index contributed by atoms with van der Waals surface area (Å²) < 4.78 is 0. The van der Waals surface area contributed by atoms with Crippen LogP contribution < -0.4 is 0 Å². The minimum absolute atomic E-state index is 0.383. The molecule has 26 heavy (non-hydrogen) atoms. The average molecular weight is 341 g/mol. The van der Waals surface area contributed by atoms with Gasteiger partial charge in [0.05, 0.1) is 11.2 Å². The molecular formula is C25H27N. The molecule has 0 aliphatic heterocycles.